The molecule has 0 aliphatic heterocycles. The maximum atomic E-state index is 13.6. The SMILES string of the molecule is CONC(=O)C(c1ccccc1)(c1ccccc1)C1CCc2ccccc2C1. The molecule has 0 spiro atoms. The Hall–Kier alpha value is -2.91. The van der Waals surface area contributed by atoms with Gasteiger partial charge in [-0.2, -0.15) is 0 Å². The van der Waals surface area contributed by atoms with Crippen molar-refractivity contribution in [2.75, 3.05) is 7.11 Å². The number of hydroxylamine groups is 1. The molecular formula is C25H25NO2. The predicted octanol–water partition coefficient (Wildman–Crippen LogP) is 4.46. The summed E-state index contributed by atoms with van der Waals surface area (Å²) in [5.74, 6) is 0.0131. The molecule has 3 nitrogen and oxygen atoms in total. The van der Waals surface area contributed by atoms with Gasteiger partial charge in [0.05, 0.1) is 7.11 Å². The third-order valence-electron chi connectivity index (χ3n) is 5.97. The normalized spacial score (nSPS) is 16.2. The predicted molar refractivity (Wildman–Crippen MR) is 111 cm³/mol. The lowest BCUT2D eigenvalue weighted by Crippen LogP contribution is -2.51. The minimum Gasteiger partial charge on any atom is -0.277 e. The molecule has 1 amide bonds. The summed E-state index contributed by atoms with van der Waals surface area (Å²) in [5, 5.41) is 0. The maximum Gasteiger partial charge on any atom is 0.258 e. The van der Waals surface area contributed by atoms with E-state index >= 15 is 0 Å². The topological polar surface area (TPSA) is 38.3 Å². The fraction of sp³-hybridized carbons (Fsp3) is 0.240. The highest BCUT2D eigenvalue weighted by atomic mass is 16.6. The molecule has 0 fully saturated rings. The number of rotatable bonds is 5. The van der Waals surface area contributed by atoms with Gasteiger partial charge in [0.2, 0.25) is 0 Å². The van der Waals surface area contributed by atoms with E-state index in [0.29, 0.717) is 0 Å². The second kappa shape index (κ2) is 7.99. The largest absolute Gasteiger partial charge is 0.277 e. The summed E-state index contributed by atoms with van der Waals surface area (Å²) in [5.41, 5.74) is 6.58. The first-order valence-electron chi connectivity index (χ1n) is 9.78. The van der Waals surface area contributed by atoms with Crippen molar-refractivity contribution in [2.45, 2.75) is 24.7 Å². The lowest BCUT2D eigenvalue weighted by atomic mass is 9.60. The number of hydrogen-bond donors (Lipinski definition) is 1. The molecule has 0 heterocycles. The molecular weight excluding hydrogens is 346 g/mol. The average molecular weight is 371 g/mol. The number of aryl methyl sites for hydroxylation is 1. The Morgan fingerprint density at radius 1 is 0.857 bits per heavy atom. The second-order valence-electron chi connectivity index (χ2n) is 7.38. The monoisotopic (exact) mass is 371 g/mol. The Bertz CT molecular complexity index is 898. The molecule has 1 N–H and O–H groups in total. The van der Waals surface area contributed by atoms with Gasteiger partial charge in [-0.15, -0.1) is 0 Å². The van der Waals surface area contributed by atoms with Crippen LogP contribution < -0.4 is 5.48 Å². The van der Waals surface area contributed by atoms with Crippen molar-refractivity contribution in [3.05, 3.63) is 107 Å². The number of nitrogens with one attached hydrogen (secondary N) is 1. The van der Waals surface area contributed by atoms with E-state index in [1.165, 1.54) is 18.2 Å². The van der Waals surface area contributed by atoms with Gasteiger partial charge in [-0.25, -0.2) is 5.48 Å². The molecule has 28 heavy (non-hydrogen) atoms. The summed E-state index contributed by atoms with van der Waals surface area (Å²) >= 11 is 0. The van der Waals surface area contributed by atoms with Crippen molar-refractivity contribution in [1.29, 1.82) is 0 Å². The Balaban J connectivity index is 1.91. The van der Waals surface area contributed by atoms with Gasteiger partial charge in [-0.3, -0.25) is 9.63 Å². The zero-order chi connectivity index (χ0) is 19.4. The minimum atomic E-state index is -0.813. The quantitative estimate of drug-likeness (QED) is 0.673. The first-order chi connectivity index (χ1) is 13.8. The summed E-state index contributed by atoms with van der Waals surface area (Å²) in [7, 11) is 1.49. The Labute approximate surface area is 166 Å². The van der Waals surface area contributed by atoms with E-state index in [9.17, 15) is 4.79 Å². The minimum absolute atomic E-state index is 0.114. The van der Waals surface area contributed by atoms with Gasteiger partial charge in [0.25, 0.3) is 5.91 Å². The number of benzene rings is 3. The number of amides is 1. The van der Waals surface area contributed by atoms with E-state index in [-0.39, 0.29) is 11.8 Å². The average Bonchev–Trinajstić information content (AvgIpc) is 2.76. The van der Waals surface area contributed by atoms with E-state index in [1.807, 2.05) is 36.4 Å². The van der Waals surface area contributed by atoms with Crippen molar-refractivity contribution in [1.82, 2.24) is 5.48 Å². The highest BCUT2D eigenvalue weighted by Gasteiger charge is 2.49. The van der Waals surface area contributed by atoms with Crippen LogP contribution in [0.5, 0.6) is 0 Å². The van der Waals surface area contributed by atoms with Crippen molar-refractivity contribution < 1.29 is 9.63 Å². The van der Waals surface area contributed by atoms with Gasteiger partial charge in [-0.05, 0) is 47.4 Å². The number of carbonyl (C=O) groups is 1. The summed E-state index contributed by atoms with van der Waals surface area (Å²) in [6.07, 6.45) is 2.78. The first kappa shape index (κ1) is 18.5. The lowest BCUT2D eigenvalue weighted by molar-refractivity contribution is -0.138. The molecule has 142 valence electrons. The number of fused-ring (bicyclic) bond motifs is 1. The van der Waals surface area contributed by atoms with Crippen molar-refractivity contribution in [3.8, 4) is 0 Å². The molecule has 3 heteroatoms. The van der Waals surface area contributed by atoms with Crippen LogP contribution in [0.4, 0.5) is 0 Å². The van der Waals surface area contributed by atoms with Crippen LogP contribution in [0.25, 0.3) is 0 Å². The highest BCUT2D eigenvalue weighted by Crippen LogP contribution is 2.45. The molecule has 1 aliphatic rings. The van der Waals surface area contributed by atoms with Crippen LogP contribution >= 0.6 is 0 Å². The van der Waals surface area contributed by atoms with E-state index in [0.717, 1.165) is 30.4 Å². The lowest BCUT2D eigenvalue weighted by Gasteiger charge is -2.42. The molecule has 1 atom stereocenters. The highest BCUT2D eigenvalue weighted by molar-refractivity contribution is 5.92. The van der Waals surface area contributed by atoms with Crippen LogP contribution in [0.1, 0.15) is 28.7 Å². The molecule has 0 saturated carbocycles. The van der Waals surface area contributed by atoms with Gasteiger partial charge in [-0.1, -0.05) is 84.9 Å². The standard InChI is InChI=1S/C25H25NO2/c1-28-26-24(27)25(21-12-4-2-5-13-21,22-14-6-3-7-15-22)23-17-16-19-10-8-9-11-20(19)18-23/h2-15,23H,16-18H2,1H3,(H,26,27). The molecule has 4 rings (SSSR count). The molecule has 3 aromatic rings. The number of carbonyl (C=O) groups excluding carboxylic acids is 1. The molecule has 1 aliphatic carbocycles. The van der Waals surface area contributed by atoms with Gasteiger partial charge in [0.1, 0.15) is 5.41 Å². The third kappa shape index (κ3) is 3.12. The van der Waals surface area contributed by atoms with Crippen LogP contribution in [0, 0.1) is 5.92 Å². The van der Waals surface area contributed by atoms with E-state index in [1.54, 1.807) is 0 Å². The van der Waals surface area contributed by atoms with Gasteiger partial charge < -0.3 is 0 Å². The first-order valence-corrected chi connectivity index (χ1v) is 9.78. The fourth-order valence-electron chi connectivity index (χ4n) is 4.73. The van der Waals surface area contributed by atoms with E-state index in [2.05, 4.69) is 54.0 Å². The van der Waals surface area contributed by atoms with E-state index < -0.39 is 5.41 Å². The smallest absolute Gasteiger partial charge is 0.258 e. The van der Waals surface area contributed by atoms with Crippen LogP contribution in [-0.4, -0.2) is 13.0 Å². The molecule has 3 aromatic carbocycles. The van der Waals surface area contributed by atoms with Crippen LogP contribution in [-0.2, 0) is 27.9 Å². The van der Waals surface area contributed by atoms with Crippen LogP contribution in [0.3, 0.4) is 0 Å². The fourth-order valence-corrected chi connectivity index (χ4v) is 4.73. The summed E-state index contributed by atoms with van der Waals surface area (Å²) in [6, 6.07) is 28.8. The third-order valence-corrected chi connectivity index (χ3v) is 5.97. The van der Waals surface area contributed by atoms with Crippen LogP contribution in [0.15, 0.2) is 84.9 Å². The Morgan fingerprint density at radius 3 is 1.96 bits per heavy atom. The zero-order valence-corrected chi connectivity index (χ0v) is 16.1. The van der Waals surface area contributed by atoms with Gasteiger partial charge in [0, 0.05) is 0 Å². The van der Waals surface area contributed by atoms with Crippen LogP contribution in [0.2, 0.25) is 0 Å². The second-order valence-corrected chi connectivity index (χ2v) is 7.38. The van der Waals surface area contributed by atoms with Crippen molar-refractivity contribution >= 4 is 5.91 Å². The van der Waals surface area contributed by atoms with Gasteiger partial charge >= 0.3 is 0 Å². The maximum absolute atomic E-state index is 13.6. The van der Waals surface area contributed by atoms with Crippen molar-refractivity contribution in [2.24, 2.45) is 5.92 Å². The molecule has 0 saturated heterocycles. The van der Waals surface area contributed by atoms with Gasteiger partial charge in [0.15, 0.2) is 0 Å². The number of hydrogen-bond acceptors (Lipinski definition) is 2. The van der Waals surface area contributed by atoms with E-state index in [4.69, 9.17) is 4.84 Å². The molecule has 0 bridgehead atoms. The summed E-state index contributed by atoms with van der Waals surface area (Å²) < 4.78 is 0. The molecule has 1 unspecified atom stereocenters. The summed E-state index contributed by atoms with van der Waals surface area (Å²) in [4.78, 5) is 18.8. The molecule has 0 radical (unpaired) electrons. The zero-order valence-electron chi connectivity index (χ0n) is 16.1. The van der Waals surface area contributed by atoms with Crippen molar-refractivity contribution in [3.63, 3.8) is 0 Å². The summed E-state index contributed by atoms with van der Waals surface area (Å²) in [6.45, 7) is 0. The Morgan fingerprint density at radius 2 is 1.39 bits per heavy atom. The molecule has 0 aromatic heterocycles. The Kier molecular flexibility index (Phi) is 5.27.